The van der Waals surface area contributed by atoms with Crippen LogP contribution in [0.25, 0.3) is 29.0 Å². The molecule has 0 atom stereocenters. The number of hydrogen-bond acceptors (Lipinski definition) is 3. The first-order chi connectivity index (χ1) is 12.3. The van der Waals surface area contributed by atoms with E-state index in [2.05, 4.69) is 45.2 Å². The molecular formula is C21H18N4. The molecule has 0 unspecified atom stereocenters. The normalized spacial score (nSPS) is 11.2. The molecule has 122 valence electrons. The van der Waals surface area contributed by atoms with Gasteiger partial charge in [0.05, 0.1) is 11.0 Å². The summed E-state index contributed by atoms with van der Waals surface area (Å²) in [5.41, 5.74) is 4.14. The Balaban J connectivity index is 1.88. The molecule has 2 aromatic heterocycles. The molecule has 0 aliphatic rings. The van der Waals surface area contributed by atoms with Crippen molar-refractivity contribution in [1.29, 1.82) is 0 Å². The lowest BCUT2D eigenvalue weighted by Crippen LogP contribution is -1.99. The lowest BCUT2D eigenvalue weighted by atomic mass is 10.2. The number of nitrogens with one attached hydrogen (secondary N) is 1. The van der Waals surface area contributed by atoms with Gasteiger partial charge in [-0.15, -0.1) is 0 Å². The number of benzene rings is 2. The average Bonchev–Trinajstić information content (AvgIpc) is 3.05. The molecule has 0 bridgehead atoms. The van der Waals surface area contributed by atoms with Gasteiger partial charge in [-0.2, -0.15) is 0 Å². The van der Waals surface area contributed by atoms with Gasteiger partial charge in [0.25, 0.3) is 0 Å². The van der Waals surface area contributed by atoms with Crippen LogP contribution in [-0.4, -0.2) is 21.6 Å². The molecule has 4 aromatic rings. The van der Waals surface area contributed by atoms with Gasteiger partial charge in [-0.1, -0.05) is 42.5 Å². The van der Waals surface area contributed by atoms with Crippen LogP contribution >= 0.6 is 0 Å². The molecule has 0 saturated carbocycles. The van der Waals surface area contributed by atoms with E-state index in [0.29, 0.717) is 0 Å². The maximum absolute atomic E-state index is 4.81. The van der Waals surface area contributed by atoms with E-state index in [1.54, 1.807) is 6.20 Å². The van der Waals surface area contributed by atoms with Gasteiger partial charge in [0.2, 0.25) is 0 Å². The summed E-state index contributed by atoms with van der Waals surface area (Å²) in [7, 11) is 1.91. The number of nitrogens with zero attached hydrogens (tertiary/aromatic N) is 3. The van der Waals surface area contributed by atoms with Gasteiger partial charge in [0, 0.05) is 18.9 Å². The first-order valence-electron chi connectivity index (χ1n) is 8.20. The second-order valence-electron chi connectivity index (χ2n) is 5.69. The average molecular weight is 326 g/mol. The third kappa shape index (κ3) is 3.02. The Morgan fingerprint density at radius 1 is 0.920 bits per heavy atom. The molecule has 0 radical (unpaired) electrons. The zero-order valence-corrected chi connectivity index (χ0v) is 13.9. The van der Waals surface area contributed by atoms with Gasteiger partial charge in [-0.25, -0.2) is 9.97 Å². The summed E-state index contributed by atoms with van der Waals surface area (Å²) in [6, 6.07) is 22.3. The maximum atomic E-state index is 4.81. The molecule has 0 aliphatic heterocycles. The minimum atomic E-state index is 0.853. The molecule has 25 heavy (non-hydrogen) atoms. The third-order valence-electron chi connectivity index (χ3n) is 4.07. The highest BCUT2D eigenvalue weighted by molar-refractivity contribution is 5.84. The van der Waals surface area contributed by atoms with E-state index in [-0.39, 0.29) is 0 Å². The lowest BCUT2D eigenvalue weighted by Gasteiger charge is -2.06. The van der Waals surface area contributed by atoms with Crippen LogP contribution < -0.4 is 5.32 Å². The first-order valence-corrected chi connectivity index (χ1v) is 8.20. The van der Waals surface area contributed by atoms with Crippen molar-refractivity contribution in [2.45, 2.75) is 0 Å². The Morgan fingerprint density at radius 3 is 2.52 bits per heavy atom. The predicted molar refractivity (Wildman–Crippen MR) is 104 cm³/mol. The molecule has 0 amide bonds. The quantitative estimate of drug-likeness (QED) is 0.594. The minimum Gasteiger partial charge on any atom is -0.388 e. The zero-order valence-electron chi connectivity index (χ0n) is 13.9. The lowest BCUT2D eigenvalue weighted by molar-refractivity contribution is 1.01. The first kappa shape index (κ1) is 15.1. The SMILES string of the molecule is CNc1ccc2c(c1)nc(/C=C/c1ccccc1)n2-c1ccccn1. The van der Waals surface area contributed by atoms with Crippen LogP contribution in [0.4, 0.5) is 5.69 Å². The van der Waals surface area contributed by atoms with Gasteiger partial charge in [0.1, 0.15) is 11.6 Å². The number of pyridine rings is 1. The van der Waals surface area contributed by atoms with Crippen molar-refractivity contribution in [1.82, 2.24) is 14.5 Å². The van der Waals surface area contributed by atoms with Crippen molar-refractivity contribution in [3.05, 3.63) is 84.3 Å². The number of imidazole rings is 1. The van der Waals surface area contributed by atoms with Gasteiger partial charge in [-0.05, 0) is 42.0 Å². The molecule has 4 rings (SSSR count). The van der Waals surface area contributed by atoms with E-state index >= 15 is 0 Å². The predicted octanol–water partition coefficient (Wildman–Crippen LogP) is 4.63. The summed E-state index contributed by atoms with van der Waals surface area (Å²) >= 11 is 0. The Kier molecular flexibility index (Phi) is 4.01. The Labute approximate surface area is 146 Å². The van der Waals surface area contributed by atoms with E-state index in [1.807, 2.05) is 55.6 Å². The van der Waals surface area contributed by atoms with Gasteiger partial charge >= 0.3 is 0 Å². The molecule has 4 nitrogen and oxygen atoms in total. The fourth-order valence-corrected chi connectivity index (χ4v) is 2.83. The van der Waals surface area contributed by atoms with Crippen molar-refractivity contribution in [3.8, 4) is 5.82 Å². The van der Waals surface area contributed by atoms with Crippen LogP contribution in [0, 0.1) is 0 Å². The van der Waals surface area contributed by atoms with E-state index in [4.69, 9.17) is 4.98 Å². The molecule has 0 saturated heterocycles. The Bertz CT molecular complexity index is 1020. The van der Waals surface area contributed by atoms with Gasteiger partial charge in [-0.3, -0.25) is 4.57 Å². The van der Waals surface area contributed by atoms with E-state index in [1.165, 1.54) is 0 Å². The highest BCUT2D eigenvalue weighted by Crippen LogP contribution is 2.24. The standard InChI is InChI=1S/C21H18N4/c1-22-17-11-12-19-18(15-17)24-21(13-10-16-7-3-2-4-8-16)25(19)20-9-5-6-14-23-20/h2-15,22H,1H3/b13-10+. The summed E-state index contributed by atoms with van der Waals surface area (Å²) in [4.78, 5) is 9.31. The molecule has 1 N–H and O–H groups in total. The van der Waals surface area contributed by atoms with Crippen molar-refractivity contribution in [3.63, 3.8) is 0 Å². The topological polar surface area (TPSA) is 42.7 Å². The van der Waals surface area contributed by atoms with Crippen LogP contribution in [0.15, 0.2) is 72.9 Å². The highest BCUT2D eigenvalue weighted by Gasteiger charge is 2.11. The van der Waals surface area contributed by atoms with Crippen LogP contribution in [0.2, 0.25) is 0 Å². The number of aromatic nitrogens is 3. The van der Waals surface area contributed by atoms with E-state index < -0.39 is 0 Å². The summed E-state index contributed by atoms with van der Waals surface area (Å²) in [5.74, 6) is 1.71. The second-order valence-corrected chi connectivity index (χ2v) is 5.69. The molecule has 2 aromatic carbocycles. The third-order valence-corrected chi connectivity index (χ3v) is 4.07. The van der Waals surface area contributed by atoms with E-state index in [0.717, 1.165) is 33.9 Å². The second kappa shape index (κ2) is 6.61. The summed E-state index contributed by atoms with van der Waals surface area (Å²) < 4.78 is 2.08. The van der Waals surface area contributed by atoms with Crippen LogP contribution in [0.3, 0.4) is 0 Å². The Hall–Kier alpha value is -3.40. The molecule has 0 fully saturated rings. The fraction of sp³-hybridized carbons (Fsp3) is 0.0476. The van der Waals surface area contributed by atoms with Crippen LogP contribution in [0.5, 0.6) is 0 Å². The van der Waals surface area contributed by atoms with Gasteiger partial charge in [0.15, 0.2) is 0 Å². The monoisotopic (exact) mass is 326 g/mol. The number of hydrogen-bond donors (Lipinski definition) is 1. The minimum absolute atomic E-state index is 0.853. The smallest absolute Gasteiger partial charge is 0.139 e. The summed E-state index contributed by atoms with van der Waals surface area (Å²) in [6.45, 7) is 0. The number of fused-ring (bicyclic) bond motifs is 1. The fourth-order valence-electron chi connectivity index (χ4n) is 2.83. The van der Waals surface area contributed by atoms with E-state index in [9.17, 15) is 0 Å². The highest BCUT2D eigenvalue weighted by atomic mass is 15.1. The number of rotatable bonds is 4. The molecule has 0 aliphatic carbocycles. The summed E-state index contributed by atoms with van der Waals surface area (Å²) in [5, 5.41) is 3.16. The van der Waals surface area contributed by atoms with Crippen LogP contribution in [-0.2, 0) is 0 Å². The largest absolute Gasteiger partial charge is 0.388 e. The zero-order chi connectivity index (χ0) is 17.1. The van der Waals surface area contributed by atoms with Crippen molar-refractivity contribution >= 4 is 28.9 Å². The molecule has 0 spiro atoms. The van der Waals surface area contributed by atoms with Crippen molar-refractivity contribution < 1.29 is 0 Å². The van der Waals surface area contributed by atoms with Gasteiger partial charge < -0.3 is 5.32 Å². The van der Waals surface area contributed by atoms with Crippen LogP contribution in [0.1, 0.15) is 11.4 Å². The van der Waals surface area contributed by atoms with Crippen molar-refractivity contribution in [2.75, 3.05) is 12.4 Å². The van der Waals surface area contributed by atoms with Crippen molar-refractivity contribution in [2.24, 2.45) is 0 Å². The summed E-state index contributed by atoms with van der Waals surface area (Å²) in [6.07, 6.45) is 5.90. The Morgan fingerprint density at radius 2 is 1.76 bits per heavy atom. The maximum Gasteiger partial charge on any atom is 0.139 e. The molecular weight excluding hydrogens is 308 g/mol. The molecule has 2 heterocycles. The molecule has 4 heteroatoms. The number of anilines is 1.